The van der Waals surface area contributed by atoms with Gasteiger partial charge in [0.05, 0.1) is 0 Å². The Kier molecular flexibility index (Phi) is 6.42. The van der Waals surface area contributed by atoms with Crippen LogP contribution in [0.25, 0.3) is 33.7 Å². The number of rotatable bonds is 8. The zero-order valence-electron chi connectivity index (χ0n) is 21.3. The molecule has 2 N–H and O–H groups in total. The van der Waals surface area contributed by atoms with Gasteiger partial charge in [0.2, 0.25) is 0 Å². The summed E-state index contributed by atoms with van der Waals surface area (Å²) in [5, 5.41) is 14.3. The molecule has 0 aliphatic carbocycles. The number of nitrogens with one attached hydrogen (secondary N) is 2. The van der Waals surface area contributed by atoms with E-state index in [1.165, 1.54) is 0 Å². The molecule has 194 valence electrons. The Hall–Kier alpha value is -5.12. The molecule has 39 heavy (non-hydrogen) atoms. The SMILES string of the molecule is CCc1nc2c(c(=O)[nH]c(=O)n2CCc2ccccc2)n1Cc1ccc(-c2ccccc2-c2nnn[nH]2)cc1. The average molecular weight is 519 g/mol. The number of benzene rings is 3. The van der Waals surface area contributed by atoms with Crippen molar-refractivity contribution in [3.05, 3.63) is 117 Å². The van der Waals surface area contributed by atoms with E-state index in [0.29, 0.717) is 42.9 Å². The third kappa shape index (κ3) is 4.68. The third-order valence-electron chi connectivity index (χ3n) is 6.88. The fourth-order valence-corrected chi connectivity index (χ4v) is 4.94. The molecule has 3 heterocycles. The van der Waals surface area contributed by atoms with Crippen LogP contribution in [0.15, 0.2) is 88.5 Å². The van der Waals surface area contributed by atoms with Gasteiger partial charge in [-0.3, -0.25) is 14.3 Å². The maximum atomic E-state index is 13.0. The standard InChI is InChI=1S/C29H26N8O2/c1-2-24-30-27-25(28(38)31-29(39)36(27)17-16-19-8-4-3-5-9-19)37(24)18-20-12-14-21(15-13-20)22-10-6-7-11-23(22)26-32-34-35-33-26/h3-15H,2,16-18H2,1H3,(H,31,38,39)(H,32,33,34,35). The van der Waals surface area contributed by atoms with Gasteiger partial charge in [-0.15, -0.1) is 5.10 Å². The van der Waals surface area contributed by atoms with Gasteiger partial charge in [-0.25, -0.2) is 14.9 Å². The minimum absolute atomic E-state index is 0.409. The molecule has 0 radical (unpaired) electrons. The summed E-state index contributed by atoms with van der Waals surface area (Å²) >= 11 is 0. The van der Waals surface area contributed by atoms with E-state index in [1.807, 2.05) is 90.4 Å². The number of fused-ring (bicyclic) bond motifs is 1. The maximum Gasteiger partial charge on any atom is 0.330 e. The fraction of sp³-hybridized carbons (Fsp3) is 0.172. The van der Waals surface area contributed by atoms with E-state index in [-0.39, 0.29) is 0 Å². The summed E-state index contributed by atoms with van der Waals surface area (Å²) in [6.07, 6.45) is 1.28. The highest BCUT2D eigenvalue weighted by Crippen LogP contribution is 2.30. The van der Waals surface area contributed by atoms with Gasteiger partial charge >= 0.3 is 5.69 Å². The van der Waals surface area contributed by atoms with Crippen LogP contribution in [0.5, 0.6) is 0 Å². The number of H-pyrrole nitrogens is 2. The van der Waals surface area contributed by atoms with Crippen LogP contribution in [0.4, 0.5) is 0 Å². The minimum Gasteiger partial charge on any atom is -0.318 e. The highest BCUT2D eigenvalue weighted by Gasteiger charge is 2.18. The monoisotopic (exact) mass is 518 g/mol. The predicted octanol–water partition coefficient (Wildman–Crippen LogP) is 3.59. The molecule has 0 aliphatic rings. The van der Waals surface area contributed by atoms with E-state index in [9.17, 15) is 9.59 Å². The summed E-state index contributed by atoms with van der Waals surface area (Å²) in [4.78, 5) is 33.0. The van der Waals surface area contributed by atoms with E-state index < -0.39 is 11.2 Å². The van der Waals surface area contributed by atoms with Crippen molar-refractivity contribution in [2.24, 2.45) is 0 Å². The normalized spacial score (nSPS) is 11.3. The first-order chi connectivity index (χ1) is 19.1. The molecule has 0 amide bonds. The molecule has 10 heteroatoms. The van der Waals surface area contributed by atoms with Gasteiger partial charge in [-0.2, -0.15) is 0 Å². The molecule has 6 aromatic rings. The molecule has 10 nitrogen and oxygen atoms in total. The summed E-state index contributed by atoms with van der Waals surface area (Å²) in [7, 11) is 0. The molecule has 0 bridgehead atoms. The summed E-state index contributed by atoms with van der Waals surface area (Å²) in [6, 6.07) is 26.0. The largest absolute Gasteiger partial charge is 0.330 e. The lowest BCUT2D eigenvalue weighted by Gasteiger charge is -2.11. The van der Waals surface area contributed by atoms with Crippen molar-refractivity contribution in [2.75, 3.05) is 0 Å². The fourth-order valence-electron chi connectivity index (χ4n) is 4.94. The van der Waals surface area contributed by atoms with E-state index in [4.69, 9.17) is 4.98 Å². The van der Waals surface area contributed by atoms with Crippen molar-refractivity contribution in [2.45, 2.75) is 32.9 Å². The topological polar surface area (TPSA) is 127 Å². The van der Waals surface area contributed by atoms with Gasteiger partial charge < -0.3 is 4.57 Å². The number of aryl methyl sites for hydroxylation is 3. The molecular formula is C29H26N8O2. The second kappa shape index (κ2) is 10.3. The summed E-state index contributed by atoms with van der Waals surface area (Å²) in [5.41, 5.74) is 5.00. The van der Waals surface area contributed by atoms with Gasteiger partial charge in [-0.05, 0) is 39.1 Å². The van der Waals surface area contributed by atoms with E-state index in [0.717, 1.165) is 33.6 Å². The lowest BCUT2D eigenvalue weighted by atomic mass is 9.98. The van der Waals surface area contributed by atoms with Crippen LogP contribution < -0.4 is 11.2 Å². The number of hydrogen-bond donors (Lipinski definition) is 2. The predicted molar refractivity (Wildman–Crippen MR) is 148 cm³/mol. The van der Waals surface area contributed by atoms with E-state index >= 15 is 0 Å². The third-order valence-corrected chi connectivity index (χ3v) is 6.88. The van der Waals surface area contributed by atoms with Gasteiger partial charge in [0, 0.05) is 25.1 Å². The number of aromatic amines is 2. The maximum absolute atomic E-state index is 13.0. The van der Waals surface area contributed by atoms with Crippen LogP contribution in [0.2, 0.25) is 0 Å². The Morgan fingerprint density at radius 3 is 2.28 bits per heavy atom. The lowest BCUT2D eigenvalue weighted by molar-refractivity contribution is 0.666. The van der Waals surface area contributed by atoms with Crippen molar-refractivity contribution in [3.8, 4) is 22.5 Å². The van der Waals surface area contributed by atoms with Crippen molar-refractivity contribution < 1.29 is 0 Å². The van der Waals surface area contributed by atoms with Crippen LogP contribution in [-0.2, 0) is 25.9 Å². The van der Waals surface area contributed by atoms with Crippen molar-refractivity contribution in [1.29, 1.82) is 0 Å². The number of tetrazole rings is 1. The lowest BCUT2D eigenvalue weighted by Crippen LogP contribution is -2.31. The van der Waals surface area contributed by atoms with Crippen LogP contribution in [0.3, 0.4) is 0 Å². The second-order valence-corrected chi connectivity index (χ2v) is 9.28. The minimum atomic E-state index is -0.444. The van der Waals surface area contributed by atoms with Crippen molar-refractivity contribution in [3.63, 3.8) is 0 Å². The molecule has 0 fully saturated rings. The van der Waals surface area contributed by atoms with Crippen LogP contribution in [-0.4, -0.2) is 39.7 Å². The molecule has 0 atom stereocenters. The average Bonchev–Trinajstić information content (AvgIpc) is 3.63. The Bertz CT molecular complexity index is 1850. The Labute approximate surface area is 223 Å². The smallest absolute Gasteiger partial charge is 0.318 e. The molecular weight excluding hydrogens is 492 g/mol. The van der Waals surface area contributed by atoms with E-state index in [2.05, 4.69) is 25.6 Å². The van der Waals surface area contributed by atoms with Gasteiger partial charge in [0.25, 0.3) is 5.56 Å². The van der Waals surface area contributed by atoms with E-state index in [1.54, 1.807) is 4.57 Å². The van der Waals surface area contributed by atoms with Crippen LogP contribution in [0, 0.1) is 0 Å². The molecule has 0 saturated carbocycles. The molecule has 0 aliphatic heterocycles. The highest BCUT2D eigenvalue weighted by atomic mass is 16.2. The zero-order valence-corrected chi connectivity index (χ0v) is 21.3. The Morgan fingerprint density at radius 1 is 0.821 bits per heavy atom. The Morgan fingerprint density at radius 2 is 1.56 bits per heavy atom. The Balaban J connectivity index is 1.34. The first-order valence-corrected chi connectivity index (χ1v) is 12.8. The van der Waals surface area contributed by atoms with Gasteiger partial charge in [0.15, 0.2) is 17.0 Å². The number of aromatic nitrogens is 8. The van der Waals surface area contributed by atoms with Crippen LogP contribution in [0.1, 0.15) is 23.9 Å². The molecule has 0 spiro atoms. The number of imidazole rings is 1. The molecule has 3 aromatic heterocycles. The molecule has 3 aromatic carbocycles. The zero-order chi connectivity index (χ0) is 26.8. The van der Waals surface area contributed by atoms with Crippen LogP contribution >= 0.6 is 0 Å². The van der Waals surface area contributed by atoms with Crippen molar-refractivity contribution >= 4 is 11.2 Å². The summed E-state index contributed by atoms with van der Waals surface area (Å²) < 4.78 is 3.48. The second-order valence-electron chi connectivity index (χ2n) is 9.28. The molecule has 6 rings (SSSR count). The number of nitrogens with zero attached hydrogens (tertiary/aromatic N) is 6. The van der Waals surface area contributed by atoms with Gasteiger partial charge in [0.1, 0.15) is 5.82 Å². The molecule has 0 unspecified atom stereocenters. The van der Waals surface area contributed by atoms with Crippen molar-refractivity contribution in [1.82, 2.24) is 39.7 Å². The van der Waals surface area contributed by atoms with Gasteiger partial charge in [-0.1, -0.05) is 85.8 Å². The quantitative estimate of drug-likeness (QED) is 0.317. The number of hydrogen-bond acceptors (Lipinski definition) is 6. The summed E-state index contributed by atoms with van der Waals surface area (Å²) in [5.74, 6) is 1.35. The molecule has 0 saturated heterocycles. The first kappa shape index (κ1) is 24.2. The highest BCUT2D eigenvalue weighted by molar-refractivity contribution is 5.80. The summed E-state index contributed by atoms with van der Waals surface area (Å²) in [6.45, 7) is 2.87. The first-order valence-electron chi connectivity index (χ1n) is 12.8.